The predicted octanol–water partition coefficient (Wildman–Crippen LogP) is 3.87. The van der Waals surface area contributed by atoms with E-state index in [-0.39, 0.29) is 29.2 Å². The van der Waals surface area contributed by atoms with Crippen LogP contribution in [0, 0.1) is 0 Å². The van der Waals surface area contributed by atoms with Crippen molar-refractivity contribution in [1.29, 1.82) is 0 Å². The molecule has 210 valence electrons. The highest BCUT2D eigenvalue weighted by atomic mass is 32.1. The highest BCUT2D eigenvalue weighted by Gasteiger charge is 2.34. The Bertz CT molecular complexity index is 1630. The number of carbonyl (C=O) groups is 1. The van der Waals surface area contributed by atoms with Crippen molar-refractivity contribution in [2.45, 2.75) is 32.7 Å². The minimum Gasteiger partial charge on any atom is -0.504 e. The fourth-order valence-electron chi connectivity index (χ4n) is 4.35. The van der Waals surface area contributed by atoms with Gasteiger partial charge in [-0.1, -0.05) is 49.5 Å². The van der Waals surface area contributed by atoms with Gasteiger partial charge in [0.05, 0.1) is 42.7 Å². The summed E-state index contributed by atoms with van der Waals surface area (Å²) in [5, 5.41) is 9.95. The molecule has 10 heteroatoms. The molecule has 0 saturated carbocycles. The van der Waals surface area contributed by atoms with Crippen LogP contribution in [-0.2, 0) is 9.53 Å². The second-order valence-electron chi connectivity index (χ2n) is 9.01. The zero-order chi connectivity index (χ0) is 28.8. The smallest absolute Gasteiger partial charge is 0.338 e. The average Bonchev–Trinajstić information content (AvgIpc) is 3.26. The van der Waals surface area contributed by atoms with Gasteiger partial charge in [0.25, 0.3) is 5.56 Å². The lowest BCUT2D eigenvalue weighted by molar-refractivity contribution is -0.138. The van der Waals surface area contributed by atoms with E-state index in [9.17, 15) is 14.7 Å². The third-order valence-corrected chi connectivity index (χ3v) is 7.32. The molecule has 1 aromatic heterocycles. The van der Waals surface area contributed by atoms with Crippen molar-refractivity contribution in [3.05, 3.63) is 91.1 Å². The average molecular weight is 565 g/mol. The summed E-state index contributed by atoms with van der Waals surface area (Å²) in [7, 11) is 3.00. The number of hydrogen-bond donors (Lipinski definition) is 1. The number of nitrogens with zero attached hydrogens (tertiary/aromatic N) is 2. The molecular formula is C30H32N2O7S. The molecule has 1 atom stereocenters. The van der Waals surface area contributed by atoms with E-state index in [0.717, 1.165) is 12.8 Å². The van der Waals surface area contributed by atoms with Crippen LogP contribution in [-0.4, -0.2) is 43.1 Å². The van der Waals surface area contributed by atoms with Crippen molar-refractivity contribution in [3.63, 3.8) is 0 Å². The van der Waals surface area contributed by atoms with E-state index in [1.54, 1.807) is 44.4 Å². The normalized spacial score (nSPS) is 14.8. The van der Waals surface area contributed by atoms with E-state index in [4.69, 9.17) is 18.9 Å². The van der Waals surface area contributed by atoms with E-state index in [2.05, 4.69) is 18.5 Å². The van der Waals surface area contributed by atoms with E-state index in [1.807, 2.05) is 6.07 Å². The summed E-state index contributed by atoms with van der Waals surface area (Å²) in [6.45, 7) is 7.98. The Hall–Kier alpha value is -4.31. The number of carbonyl (C=O) groups excluding carboxylic acids is 1. The molecule has 4 rings (SSSR count). The molecule has 0 aliphatic carbocycles. The third-order valence-electron chi connectivity index (χ3n) is 6.33. The van der Waals surface area contributed by atoms with Crippen LogP contribution in [0.5, 0.6) is 23.0 Å². The highest BCUT2D eigenvalue weighted by molar-refractivity contribution is 7.07. The van der Waals surface area contributed by atoms with Crippen LogP contribution in [0.2, 0.25) is 0 Å². The highest BCUT2D eigenvalue weighted by Crippen LogP contribution is 2.36. The molecule has 3 aromatic rings. The second-order valence-corrected chi connectivity index (χ2v) is 10.0. The fraction of sp³-hybridized carbons (Fsp3) is 0.300. The Morgan fingerprint density at radius 3 is 2.62 bits per heavy atom. The molecule has 0 radical (unpaired) electrons. The Labute approximate surface area is 235 Å². The van der Waals surface area contributed by atoms with Crippen molar-refractivity contribution < 1.29 is 28.8 Å². The van der Waals surface area contributed by atoms with Gasteiger partial charge < -0.3 is 24.1 Å². The summed E-state index contributed by atoms with van der Waals surface area (Å²) < 4.78 is 24.0. The van der Waals surface area contributed by atoms with Gasteiger partial charge >= 0.3 is 5.97 Å². The van der Waals surface area contributed by atoms with Crippen LogP contribution in [0.1, 0.15) is 43.9 Å². The van der Waals surface area contributed by atoms with Crippen LogP contribution in [0.15, 0.2) is 70.1 Å². The maximum atomic E-state index is 13.9. The topological polar surface area (TPSA) is 109 Å². The van der Waals surface area contributed by atoms with Crippen LogP contribution in [0.25, 0.3) is 6.08 Å². The minimum atomic E-state index is -0.816. The Morgan fingerprint density at radius 2 is 1.93 bits per heavy atom. The number of fused-ring (bicyclic) bond motifs is 1. The van der Waals surface area contributed by atoms with Gasteiger partial charge in [0.15, 0.2) is 27.8 Å². The first-order valence-electron chi connectivity index (χ1n) is 12.8. The molecule has 9 nitrogen and oxygen atoms in total. The lowest BCUT2D eigenvalue weighted by Gasteiger charge is -2.25. The minimum absolute atomic E-state index is 0.00418. The summed E-state index contributed by atoms with van der Waals surface area (Å²) in [5.74, 6) is 0.752. The quantitative estimate of drug-likeness (QED) is 0.214. The summed E-state index contributed by atoms with van der Waals surface area (Å²) >= 11 is 1.20. The number of aromatic hydroxyl groups is 1. The van der Waals surface area contributed by atoms with Crippen molar-refractivity contribution >= 4 is 23.4 Å². The molecule has 0 fully saturated rings. The van der Waals surface area contributed by atoms with Crippen molar-refractivity contribution in [2.24, 2.45) is 4.99 Å². The zero-order valence-electron chi connectivity index (χ0n) is 22.9. The lowest BCUT2D eigenvalue weighted by atomic mass is 9.95. The van der Waals surface area contributed by atoms with Crippen molar-refractivity contribution in [1.82, 2.24) is 4.57 Å². The number of benzene rings is 2. The van der Waals surface area contributed by atoms with Gasteiger partial charge in [0.1, 0.15) is 6.61 Å². The SMILES string of the molecule is C=CCOC(=O)C1=C(C)N=c2sc(=Cc3ccc(O)c(OC)c3)c(=O)n2C1c1ccc(OCCCC)c(OC)c1. The van der Waals surface area contributed by atoms with Crippen molar-refractivity contribution in [2.75, 3.05) is 27.4 Å². The fourth-order valence-corrected chi connectivity index (χ4v) is 5.39. The molecule has 0 spiro atoms. The predicted molar refractivity (Wildman–Crippen MR) is 153 cm³/mol. The van der Waals surface area contributed by atoms with Gasteiger partial charge in [0, 0.05) is 0 Å². The summed E-state index contributed by atoms with van der Waals surface area (Å²) in [6.07, 6.45) is 5.07. The number of phenolic OH excluding ortho intramolecular Hbond substituents is 1. The van der Waals surface area contributed by atoms with E-state index in [0.29, 0.717) is 44.3 Å². The number of thiazole rings is 1. The van der Waals surface area contributed by atoms with E-state index >= 15 is 0 Å². The molecule has 2 heterocycles. The molecule has 2 aromatic carbocycles. The standard InChI is InChI=1S/C30H32N2O7S/c1-6-8-14-38-22-12-10-20(17-24(22)37-5)27-26(29(35)39-13-7-2)18(3)31-30-32(27)28(34)25(40-30)16-19-9-11-21(33)23(15-19)36-4/h7,9-12,15-17,27,33H,2,6,8,13-14H2,1,3-5H3. The molecular weight excluding hydrogens is 532 g/mol. The molecule has 1 aliphatic heterocycles. The van der Waals surface area contributed by atoms with Gasteiger partial charge in [-0.3, -0.25) is 9.36 Å². The third kappa shape index (κ3) is 5.81. The van der Waals surface area contributed by atoms with E-state index < -0.39 is 12.0 Å². The van der Waals surface area contributed by atoms with Gasteiger partial charge in [-0.15, -0.1) is 0 Å². The molecule has 0 bridgehead atoms. The number of aromatic nitrogens is 1. The van der Waals surface area contributed by atoms with Crippen LogP contribution in [0.4, 0.5) is 0 Å². The van der Waals surface area contributed by atoms with Crippen LogP contribution < -0.4 is 29.1 Å². The van der Waals surface area contributed by atoms with Gasteiger partial charge in [-0.05, 0) is 54.8 Å². The largest absolute Gasteiger partial charge is 0.504 e. The summed E-state index contributed by atoms with van der Waals surface area (Å²) in [5.41, 5.74) is 1.66. The van der Waals surface area contributed by atoms with Crippen molar-refractivity contribution in [3.8, 4) is 23.0 Å². The monoisotopic (exact) mass is 564 g/mol. The summed E-state index contributed by atoms with van der Waals surface area (Å²) in [4.78, 5) is 32.2. The molecule has 1 aliphatic rings. The van der Waals surface area contributed by atoms with Gasteiger partial charge in [-0.2, -0.15) is 0 Å². The molecule has 1 unspecified atom stereocenters. The number of esters is 1. The number of phenols is 1. The summed E-state index contributed by atoms with van der Waals surface area (Å²) in [6, 6.07) is 9.37. The first-order chi connectivity index (χ1) is 19.3. The zero-order valence-corrected chi connectivity index (χ0v) is 23.7. The van der Waals surface area contributed by atoms with Crippen LogP contribution in [0.3, 0.4) is 0 Å². The number of hydrogen-bond acceptors (Lipinski definition) is 9. The number of ether oxygens (including phenoxy) is 4. The van der Waals surface area contributed by atoms with Gasteiger partial charge in [-0.25, -0.2) is 9.79 Å². The molecule has 0 amide bonds. The molecule has 0 saturated heterocycles. The molecule has 40 heavy (non-hydrogen) atoms. The number of rotatable bonds is 11. The number of methoxy groups -OCH3 is 2. The lowest BCUT2D eigenvalue weighted by Crippen LogP contribution is -2.40. The number of allylic oxidation sites excluding steroid dienone is 1. The van der Waals surface area contributed by atoms with E-state index in [1.165, 1.54) is 35.2 Å². The maximum absolute atomic E-state index is 13.9. The first kappa shape index (κ1) is 28.7. The van der Waals surface area contributed by atoms with Gasteiger partial charge in [0.2, 0.25) is 0 Å². The Balaban J connectivity index is 1.89. The molecule has 1 N–H and O–H groups in total. The second kappa shape index (κ2) is 12.7. The maximum Gasteiger partial charge on any atom is 0.338 e. The Kier molecular flexibility index (Phi) is 9.11. The van der Waals surface area contributed by atoms with Crippen LogP contribution >= 0.6 is 11.3 Å². The number of unbranched alkanes of at least 4 members (excludes halogenated alkanes) is 1. The first-order valence-corrected chi connectivity index (χ1v) is 13.6. The Morgan fingerprint density at radius 1 is 1.15 bits per heavy atom.